The van der Waals surface area contributed by atoms with E-state index in [0.29, 0.717) is 0 Å². The van der Waals surface area contributed by atoms with Crippen LogP contribution in [0.5, 0.6) is 0 Å². The minimum absolute atomic E-state index is 0.0663. The largest absolute Gasteiger partial charge is 0.370 e. The van der Waals surface area contributed by atoms with E-state index in [0.717, 1.165) is 52.8 Å². The molecule has 1 saturated carbocycles. The first-order valence-electron chi connectivity index (χ1n) is 10.3. The van der Waals surface area contributed by atoms with E-state index in [-0.39, 0.29) is 5.91 Å². The average Bonchev–Trinajstić information content (AvgIpc) is 2.73. The first-order chi connectivity index (χ1) is 13.8. The van der Waals surface area contributed by atoms with Gasteiger partial charge >= 0.3 is 0 Å². The van der Waals surface area contributed by atoms with Crippen LogP contribution in [0.4, 0.5) is 11.4 Å². The number of benzene rings is 2. The monoisotopic (exact) mass is 371 g/mol. The third kappa shape index (κ3) is 3.35. The molecule has 2 aromatic carbocycles. The molecule has 2 bridgehead atoms. The average molecular weight is 371 g/mol. The van der Waals surface area contributed by atoms with Gasteiger partial charge in [0.1, 0.15) is 0 Å². The number of carbonyl (C=O) groups excluding carboxylic acids is 1. The van der Waals surface area contributed by atoms with E-state index in [1.54, 1.807) is 6.20 Å². The number of carbonyl (C=O) groups is 1. The lowest BCUT2D eigenvalue weighted by molar-refractivity contribution is 0.102. The molecule has 1 N–H and O–H groups in total. The number of fused-ring (bicyclic) bond motifs is 3. The van der Waals surface area contributed by atoms with E-state index < -0.39 is 0 Å². The van der Waals surface area contributed by atoms with Crippen LogP contribution in [0, 0.1) is 11.8 Å². The van der Waals surface area contributed by atoms with Crippen LogP contribution in [0.25, 0.3) is 10.9 Å². The summed E-state index contributed by atoms with van der Waals surface area (Å²) in [6, 6.07) is 17.9. The predicted molar refractivity (Wildman–Crippen MR) is 114 cm³/mol. The second kappa shape index (κ2) is 7.27. The summed E-state index contributed by atoms with van der Waals surface area (Å²) in [4.78, 5) is 20.0. The van der Waals surface area contributed by atoms with E-state index in [1.165, 1.54) is 25.7 Å². The van der Waals surface area contributed by atoms with E-state index in [2.05, 4.69) is 21.3 Å². The van der Waals surface area contributed by atoms with Gasteiger partial charge in [0.2, 0.25) is 0 Å². The van der Waals surface area contributed by atoms with Crippen molar-refractivity contribution in [3.8, 4) is 0 Å². The topological polar surface area (TPSA) is 45.2 Å². The normalized spacial score (nSPS) is 21.5. The van der Waals surface area contributed by atoms with Crippen molar-refractivity contribution >= 4 is 28.2 Å². The number of nitrogens with zero attached hydrogens (tertiary/aromatic N) is 2. The van der Waals surface area contributed by atoms with Gasteiger partial charge in [-0.2, -0.15) is 0 Å². The number of para-hydroxylation sites is 2. The highest BCUT2D eigenvalue weighted by Gasteiger charge is 2.31. The Morgan fingerprint density at radius 1 is 1.00 bits per heavy atom. The van der Waals surface area contributed by atoms with Crippen molar-refractivity contribution in [1.29, 1.82) is 0 Å². The van der Waals surface area contributed by atoms with E-state index >= 15 is 0 Å². The molecule has 1 saturated heterocycles. The number of rotatable bonds is 3. The summed E-state index contributed by atoms with van der Waals surface area (Å²) < 4.78 is 0. The molecule has 2 heterocycles. The van der Waals surface area contributed by atoms with Gasteiger partial charge in [-0.25, -0.2) is 0 Å². The molecule has 1 aliphatic carbocycles. The summed E-state index contributed by atoms with van der Waals surface area (Å²) in [5.41, 5.74) is 3.47. The van der Waals surface area contributed by atoms with Crippen molar-refractivity contribution in [3.05, 3.63) is 66.4 Å². The van der Waals surface area contributed by atoms with Crippen LogP contribution in [0.15, 0.2) is 60.8 Å². The zero-order valence-corrected chi connectivity index (χ0v) is 16.0. The van der Waals surface area contributed by atoms with Crippen LogP contribution < -0.4 is 10.2 Å². The molecule has 1 aliphatic heterocycles. The fourth-order valence-corrected chi connectivity index (χ4v) is 4.91. The highest BCUT2D eigenvalue weighted by Crippen LogP contribution is 2.37. The number of pyridine rings is 1. The van der Waals surface area contributed by atoms with Gasteiger partial charge in [0.25, 0.3) is 5.91 Å². The van der Waals surface area contributed by atoms with Gasteiger partial charge in [-0.15, -0.1) is 0 Å². The number of hydrogen-bond donors (Lipinski definition) is 1. The molecule has 4 heteroatoms. The summed E-state index contributed by atoms with van der Waals surface area (Å²) in [6.07, 6.45) is 7.09. The second-order valence-electron chi connectivity index (χ2n) is 8.19. The number of hydrogen-bond acceptors (Lipinski definition) is 3. The Labute approximate surface area is 165 Å². The molecular weight excluding hydrogens is 346 g/mol. The van der Waals surface area contributed by atoms with Crippen molar-refractivity contribution in [2.24, 2.45) is 11.8 Å². The summed E-state index contributed by atoms with van der Waals surface area (Å²) in [7, 11) is 0. The molecule has 1 aromatic heterocycles. The Morgan fingerprint density at radius 2 is 1.75 bits per heavy atom. The molecule has 2 fully saturated rings. The maximum atomic E-state index is 13.1. The molecule has 2 atom stereocenters. The maximum Gasteiger partial charge on any atom is 0.257 e. The molecule has 2 aliphatic rings. The fraction of sp³-hybridized carbons (Fsp3) is 0.333. The molecule has 142 valence electrons. The molecule has 1 amide bonds. The first kappa shape index (κ1) is 17.2. The lowest BCUT2D eigenvalue weighted by Crippen LogP contribution is -2.43. The molecule has 4 nitrogen and oxygen atoms in total. The second-order valence-corrected chi connectivity index (χ2v) is 8.19. The lowest BCUT2D eigenvalue weighted by Gasteiger charge is -2.43. The number of anilines is 2. The van der Waals surface area contributed by atoms with Gasteiger partial charge in [0, 0.05) is 24.2 Å². The molecule has 28 heavy (non-hydrogen) atoms. The highest BCUT2D eigenvalue weighted by molar-refractivity contribution is 6.08. The van der Waals surface area contributed by atoms with Crippen molar-refractivity contribution < 1.29 is 4.79 Å². The number of amides is 1. The van der Waals surface area contributed by atoms with Gasteiger partial charge in [0.05, 0.1) is 23.0 Å². The predicted octanol–water partition coefficient (Wildman–Crippen LogP) is 5.11. The van der Waals surface area contributed by atoms with Gasteiger partial charge < -0.3 is 10.2 Å². The van der Waals surface area contributed by atoms with Crippen molar-refractivity contribution in [3.63, 3.8) is 0 Å². The Hall–Kier alpha value is -2.88. The first-order valence-corrected chi connectivity index (χ1v) is 10.3. The third-order valence-electron chi connectivity index (χ3n) is 6.19. The van der Waals surface area contributed by atoms with Crippen LogP contribution in [0.3, 0.4) is 0 Å². The zero-order chi connectivity index (χ0) is 18.9. The minimum Gasteiger partial charge on any atom is -0.370 e. The van der Waals surface area contributed by atoms with Gasteiger partial charge in [-0.1, -0.05) is 36.8 Å². The summed E-state index contributed by atoms with van der Waals surface area (Å²) >= 11 is 0. The van der Waals surface area contributed by atoms with E-state index in [4.69, 9.17) is 0 Å². The maximum absolute atomic E-state index is 13.1. The quantitative estimate of drug-likeness (QED) is 0.695. The SMILES string of the molecule is O=C(Nc1cnc2ccccc2c1)c1ccccc1N1CC2CCCC(C2)C1. The summed E-state index contributed by atoms with van der Waals surface area (Å²) in [6.45, 7) is 2.14. The summed E-state index contributed by atoms with van der Waals surface area (Å²) in [5.74, 6) is 1.48. The lowest BCUT2D eigenvalue weighted by atomic mass is 9.77. The van der Waals surface area contributed by atoms with Crippen LogP contribution in [-0.2, 0) is 0 Å². The van der Waals surface area contributed by atoms with Gasteiger partial charge in [0.15, 0.2) is 0 Å². The fourth-order valence-electron chi connectivity index (χ4n) is 4.91. The molecular formula is C24H25N3O. The zero-order valence-electron chi connectivity index (χ0n) is 16.0. The van der Waals surface area contributed by atoms with Gasteiger partial charge in [-0.3, -0.25) is 9.78 Å². The smallest absolute Gasteiger partial charge is 0.257 e. The molecule has 0 spiro atoms. The minimum atomic E-state index is -0.0663. The Morgan fingerprint density at radius 3 is 2.61 bits per heavy atom. The van der Waals surface area contributed by atoms with Crippen molar-refractivity contribution in [2.75, 3.05) is 23.3 Å². The number of nitrogens with one attached hydrogen (secondary N) is 1. The van der Waals surface area contributed by atoms with Crippen LogP contribution in [-0.4, -0.2) is 24.0 Å². The number of aromatic nitrogens is 1. The van der Waals surface area contributed by atoms with E-state index in [1.807, 2.05) is 48.5 Å². The van der Waals surface area contributed by atoms with Crippen molar-refractivity contribution in [2.45, 2.75) is 25.7 Å². The summed E-state index contributed by atoms with van der Waals surface area (Å²) in [5, 5.41) is 4.08. The standard InChI is InChI=1S/C24H25N3O/c28-24(26-20-13-19-8-1-3-10-22(19)25-14-20)21-9-2-4-11-23(21)27-15-17-6-5-7-18(12-17)16-27/h1-4,8-11,13-14,17-18H,5-7,12,15-16H2,(H,26,28). The Bertz CT molecular complexity index is 1000. The van der Waals surface area contributed by atoms with Crippen LogP contribution in [0.1, 0.15) is 36.0 Å². The molecule has 5 rings (SSSR count). The van der Waals surface area contributed by atoms with Crippen LogP contribution >= 0.6 is 0 Å². The Kier molecular flexibility index (Phi) is 4.47. The molecule has 2 unspecified atom stereocenters. The molecule has 3 aromatic rings. The van der Waals surface area contributed by atoms with Crippen molar-refractivity contribution in [1.82, 2.24) is 4.98 Å². The third-order valence-corrected chi connectivity index (χ3v) is 6.19. The highest BCUT2D eigenvalue weighted by atomic mass is 16.1. The van der Waals surface area contributed by atoms with Crippen LogP contribution in [0.2, 0.25) is 0 Å². The molecule has 0 radical (unpaired) electrons. The number of piperidine rings is 1. The Balaban J connectivity index is 1.40. The van der Waals surface area contributed by atoms with E-state index in [9.17, 15) is 4.79 Å². The van der Waals surface area contributed by atoms with Gasteiger partial charge in [-0.05, 0) is 55.4 Å².